The van der Waals surface area contributed by atoms with Crippen LogP contribution in [0.4, 0.5) is 0 Å². The lowest BCUT2D eigenvalue weighted by atomic mass is 10.0. The Morgan fingerprint density at radius 3 is 1.73 bits per heavy atom. The largest absolute Gasteiger partial charge is 0.497 e. The van der Waals surface area contributed by atoms with Gasteiger partial charge in [0.1, 0.15) is 23.7 Å². The summed E-state index contributed by atoms with van der Waals surface area (Å²) in [6.07, 6.45) is 0.111. The molecule has 1 saturated heterocycles. The average Bonchev–Trinajstić information content (AvgIpc) is 3.40. The summed E-state index contributed by atoms with van der Waals surface area (Å²) < 4.78 is 21.7. The van der Waals surface area contributed by atoms with Gasteiger partial charge in [0.05, 0.1) is 27.4 Å². The fourth-order valence-corrected chi connectivity index (χ4v) is 2.31. The summed E-state index contributed by atoms with van der Waals surface area (Å²) in [7, 11) is 3.33. The molecule has 4 heteroatoms. The molecule has 0 spiro atoms. The van der Waals surface area contributed by atoms with Crippen LogP contribution in [-0.4, -0.2) is 33.5 Å². The molecule has 0 saturated carbocycles. The van der Waals surface area contributed by atoms with Gasteiger partial charge in [0.25, 0.3) is 0 Å². The second-order valence-electron chi connectivity index (χ2n) is 5.22. The van der Waals surface area contributed by atoms with Crippen molar-refractivity contribution >= 4 is 0 Å². The Balaban J connectivity index is 1.83. The number of epoxide rings is 1. The number of ether oxygens (including phenoxy) is 4. The zero-order valence-electron chi connectivity index (χ0n) is 12.8. The van der Waals surface area contributed by atoms with E-state index in [4.69, 9.17) is 18.9 Å². The van der Waals surface area contributed by atoms with Crippen molar-refractivity contribution in [3.63, 3.8) is 0 Å². The molecule has 0 aliphatic carbocycles. The minimum Gasteiger partial charge on any atom is -0.497 e. The normalized spacial score (nSPS) is 16.6. The van der Waals surface area contributed by atoms with Gasteiger partial charge in [0.15, 0.2) is 0 Å². The summed E-state index contributed by atoms with van der Waals surface area (Å²) in [6, 6.07) is 15.9. The maximum Gasteiger partial charge on any atom is 0.118 e. The predicted octanol–water partition coefficient (Wildman–Crippen LogP) is 3.21. The Kier molecular flexibility index (Phi) is 4.61. The molecular weight excluding hydrogens is 280 g/mol. The lowest BCUT2D eigenvalue weighted by molar-refractivity contribution is 0.0671. The number of hydrogen-bond acceptors (Lipinski definition) is 4. The van der Waals surface area contributed by atoms with Crippen molar-refractivity contribution in [1.29, 1.82) is 0 Å². The molecule has 2 aromatic carbocycles. The van der Waals surface area contributed by atoms with Gasteiger partial charge in [0, 0.05) is 0 Å². The minimum atomic E-state index is -0.124. The van der Waals surface area contributed by atoms with Gasteiger partial charge in [-0.05, 0) is 35.4 Å². The first-order valence-corrected chi connectivity index (χ1v) is 7.31. The number of methoxy groups -OCH3 is 2. The first-order valence-electron chi connectivity index (χ1n) is 7.31. The van der Waals surface area contributed by atoms with Crippen molar-refractivity contribution in [3.8, 4) is 11.5 Å². The van der Waals surface area contributed by atoms with Crippen LogP contribution < -0.4 is 9.47 Å². The molecule has 0 radical (unpaired) electrons. The van der Waals surface area contributed by atoms with Gasteiger partial charge in [-0.15, -0.1) is 0 Å². The molecule has 1 aliphatic rings. The quantitative estimate of drug-likeness (QED) is 0.736. The standard InChI is InChI=1S/C18H20O4/c1-19-15-7-3-13(4-8-15)18(22-12-17-11-21-17)14-5-9-16(20-2)10-6-14/h3-10,17-18H,11-12H2,1-2H3/t17-/m0/s1. The SMILES string of the molecule is COc1ccc(C(OC[C@@H]2CO2)c2ccc(OC)cc2)cc1. The van der Waals surface area contributed by atoms with Gasteiger partial charge in [-0.3, -0.25) is 0 Å². The lowest BCUT2D eigenvalue weighted by Gasteiger charge is -2.19. The van der Waals surface area contributed by atoms with Gasteiger partial charge in [-0.1, -0.05) is 24.3 Å². The number of hydrogen-bond donors (Lipinski definition) is 0. The van der Waals surface area contributed by atoms with Crippen molar-refractivity contribution < 1.29 is 18.9 Å². The molecule has 3 rings (SSSR count). The van der Waals surface area contributed by atoms with Crippen LogP contribution in [0.3, 0.4) is 0 Å². The summed E-state index contributed by atoms with van der Waals surface area (Å²) in [4.78, 5) is 0. The van der Waals surface area contributed by atoms with Crippen LogP contribution in [0.15, 0.2) is 48.5 Å². The van der Waals surface area contributed by atoms with Crippen LogP contribution in [0.1, 0.15) is 17.2 Å². The van der Waals surface area contributed by atoms with Crippen molar-refractivity contribution in [2.45, 2.75) is 12.2 Å². The van der Waals surface area contributed by atoms with Crippen LogP contribution in [0.2, 0.25) is 0 Å². The molecule has 1 fully saturated rings. The minimum absolute atomic E-state index is 0.124. The van der Waals surface area contributed by atoms with Gasteiger partial charge in [-0.2, -0.15) is 0 Å². The van der Waals surface area contributed by atoms with Gasteiger partial charge < -0.3 is 18.9 Å². The predicted molar refractivity (Wildman–Crippen MR) is 83.5 cm³/mol. The highest BCUT2D eigenvalue weighted by atomic mass is 16.6. The van der Waals surface area contributed by atoms with Crippen LogP contribution in [0, 0.1) is 0 Å². The molecular formula is C18H20O4. The summed E-state index contributed by atoms with van der Waals surface area (Å²) in [6.45, 7) is 1.39. The highest BCUT2D eigenvalue weighted by molar-refractivity contribution is 5.36. The Hall–Kier alpha value is -2.04. The Bertz CT molecular complexity index is 540. The Morgan fingerprint density at radius 2 is 1.36 bits per heavy atom. The van der Waals surface area contributed by atoms with Crippen LogP contribution in [0.5, 0.6) is 11.5 Å². The number of rotatable bonds is 7. The molecule has 1 heterocycles. The maximum atomic E-state index is 6.08. The van der Waals surface area contributed by atoms with Crippen LogP contribution >= 0.6 is 0 Å². The van der Waals surface area contributed by atoms with Gasteiger partial charge in [-0.25, -0.2) is 0 Å². The van der Waals surface area contributed by atoms with Crippen molar-refractivity contribution in [1.82, 2.24) is 0 Å². The van der Waals surface area contributed by atoms with E-state index >= 15 is 0 Å². The molecule has 1 atom stereocenters. The van der Waals surface area contributed by atoms with Crippen LogP contribution in [-0.2, 0) is 9.47 Å². The first-order chi connectivity index (χ1) is 10.8. The van der Waals surface area contributed by atoms with E-state index in [1.807, 2.05) is 48.5 Å². The molecule has 0 N–H and O–H groups in total. The topological polar surface area (TPSA) is 40.2 Å². The van der Waals surface area contributed by atoms with Crippen molar-refractivity contribution in [3.05, 3.63) is 59.7 Å². The molecule has 4 nitrogen and oxygen atoms in total. The zero-order chi connectivity index (χ0) is 15.4. The summed E-state index contributed by atoms with van der Waals surface area (Å²) in [5.41, 5.74) is 2.18. The zero-order valence-corrected chi connectivity index (χ0v) is 12.8. The Labute approximate surface area is 130 Å². The third-order valence-corrected chi connectivity index (χ3v) is 3.69. The maximum absolute atomic E-state index is 6.08. The highest BCUT2D eigenvalue weighted by Crippen LogP contribution is 2.30. The third-order valence-electron chi connectivity index (χ3n) is 3.69. The molecule has 116 valence electrons. The third kappa shape index (κ3) is 3.59. The second kappa shape index (κ2) is 6.81. The summed E-state index contributed by atoms with van der Waals surface area (Å²) in [5, 5.41) is 0. The molecule has 0 amide bonds. The van der Waals surface area contributed by atoms with Gasteiger partial charge >= 0.3 is 0 Å². The van der Waals surface area contributed by atoms with E-state index < -0.39 is 0 Å². The van der Waals surface area contributed by atoms with Crippen LogP contribution in [0.25, 0.3) is 0 Å². The molecule has 0 aromatic heterocycles. The highest BCUT2D eigenvalue weighted by Gasteiger charge is 2.25. The van der Waals surface area contributed by atoms with E-state index in [0.717, 1.165) is 29.2 Å². The Morgan fingerprint density at radius 1 is 0.909 bits per heavy atom. The molecule has 22 heavy (non-hydrogen) atoms. The molecule has 0 bridgehead atoms. The van der Waals surface area contributed by atoms with Gasteiger partial charge in [0.2, 0.25) is 0 Å². The fraction of sp³-hybridized carbons (Fsp3) is 0.333. The second-order valence-corrected chi connectivity index (χ2v) is 5.22. The average molecular weight is 300 g/mol. The van der Waals surface area contributed by atoms with E-state index in [-0.39, 0.29) is 12.2 Å². The van der Waals surface area contributed by atoms with Crippen molar-refractivity contribution in [2.24, 2.45) is 0 Å². The lowest BCUT2D eigenvalue weighted by Crippen LogP contribution is -2.10. The number of benzene rings is 2. The summed E-state index contributed by atoms with van der Waals surface area (Å²) in [5.74, 6) is 1.67. The van der Waals surface area contributed by atoms with E-state index in [0.29, 0.717) is 6.61 Å². The monoisotopic (exact) mass is 300 g/mol. The van der Waals surface area contributed by atoms with Crippen molar-refractivity contribution in [2.75, 3.05) is 27.4 Å². The van der Waals surface area contributed by atoms with E-state index in [9.17, 15) is 0 Å². The smallest absolute Gasteiger partial charge is 0.118 e. The van der Waals surface area contributed by atoms with E-state index in [2.05, 4.69) is 0 Å². The first kappa shape index (κ1) is 14.9. The molecule has 0 unspecified atom stereocenters. The molecule has 2 aromatic rings. The summed E-state index contributed by atoms with van der Waals surface area (Å²) >= 11 is 0. The molecule has 1 aliphatic heterocycles. The van der Waals surface area contributed by atoms with E-state index in [1.54, 1.807) is 14.2 Å². The van der Waals surface area contributed by atoms with E-state index in [1.165, 1.54) is 0 Å². The fourth-order valence-electron chi connectivity index (χ4n) is 2.31.